The van der Waals surface area contributed by atoms with Crippen LogP contribution in [0.5, 0.6) is 0 Å². The minimum absolute atomic E-state index is 0.0977. The summed E-state index contributed by atoms with van der Waals surface area (Å²) in [6.07, 6.45) is 1.51. The summed E-state index contributed by atoms with van der Waals surface area (Å²) in [5.74, 6) is 0. The molecule has 0 aliphatic heterocycles. The van der Waals surface area contributed by atoms with Gasteiger partial charge in [-0.3, -0.25) is 14.6 Å². The molecule has 0 spiro atoms. The molecule has 0 amide bonds. The van der Waals surface area contributed by atoms with E-state index in [0.29, 0.717) is 11.3 Å². The molecule has 2 rings (SSSR count). The molecule has 74 valence electrons. The Morgan fingerprint density at radius 1 is 1.27 bits per heavy atom. The number of aromatic nitrogens is 1. The summed E-state index contributed by atoms with van der Waals surface area (Å²) in [6.45, 7) is 1.75. The van der Waals surface area contributed by atoms with E-state index in [-0.39, 0.29) is 11.3 Å². The fraction of sp³-hybridized carbons (Fsp3) is 0.100. The van der Waals surface area contributed by atoms with Gasteiger partial charge in [0.25, 0.3) is 5.43 Å². The molecule has 0 bridgehead atoms. The van der Waals surface area contributed by atoms with Gasteiger partial charge in [-0.25, -0.2) is 0 Å². The lowest BCUT2D eigenvalue weighted by Gasteiger charge is -2.04. The van der Waals surface area contributed by atoms with Crippen molar-refractivity contribution in [1.82, 2.24) is 4.98 Å². The number of rotatable bonds is 2. The van der Waals surface area contributed by atoms with E-state index in [1.807, 2.05) is 0 Å². The number of nitrogens with zero attached hydrogens (tertiary/aromatic N) is 2. The van der Waals surface area contributed by atoms with E-state index in [2.05, 4.69) is 10.2 Å². The SMILES string of the molecule is Cc1cc(-c2c(N=O)c(=O)c2=O)ccn1. The van der Waals surface area contributed by atoms with Gasteiger partial charge in [-0.15, -0.1) is 4.91 Å². The summed E-state index contributed by atoms with van der Waals surface area (Å²) in [5.41, 5.74) is -0.435. The first-order valence-electron chi connectivity index (χ1n) is 4.25. The van der Waals surface area contributed by atoms with Crippen molar-refractivity contribution >= 4 is 5.69 Å². The van der Waals surface area contributed by atoms with Gasteiger partial charge < -0.3 is 0 Å². The van der Waals surface area contributed by atoms with Crippen molar-refractivity contribution in [2.24, 2.45) is 5.18 Å². The molecule has 1 aromatic heterocycles. The van der Waals surface area contributed by atoms with Gasteiger partial charge in [-0.2, -0.15) is 0 Å². The zero-order valence-electron chi connectivity index (χ0n) is 7.85. The van der Waals surface area contributed by atoms with Crippen LogP contribution in [0.1, 0.15) is 5.69 Å². The zero-order valence-corrected chi connectivity index (χ0v) is 7.85. The molecule has 0 aliphatic rings. The molecule has 2 aromatic rings. The van der Waals surface area contributed by atoms with Gasteiger partial charge in [-0.05, 0) is 29.8 Å². The molecule has 0 saturated carbocycles. The van der Waals surface area contributed by atoms with Gasteiger partial charge >= 0.3 is 0 Å². The van der Waals surface area contributed by atoms with Gasteiger partial charge in [0.05, 0.1) is 5.56 Å². The van der Waals surface area contributed by atoms with Crippen molar-refractivity contribution < 1.29 is 0 Å². The molecule has 0 aliphatic carbocycles. The fourth-order valence-electron chi connectivity index (χ4n) is 1.44. The van der Waals surface area contributed by atoms with Gasteiger partial charge in [0.15, 0.2) is 5.69 Å². The Kier molecular flexibility index (Phi) is 2.00. The van der Waals surface area contributed by atoms with E-state index in [1.165, 1.54) is 6.20 Å². The number of nitroso groups, excluding NO2 is 1. The lowest BCUT2D eigenvalue weighted by Crippen LogP contribution is -2.32. The molecular weight excluding hydrogens is 196 g/mol. The molecule has 0 fully saturated rings. The summed E-state index contributed by atoms with van der Waals surface area (Å²) >= 11 is 0. The van der Waals surface area contributed by atoms with Crippen LogP contribution >= 0.6 is 0 Å². The average Bonchev–Trinajstić information content (AvgIpc) is 2.24. The first kappa shape index (κ1) is 9.39. The molecule has 0 atom stereocenters. The standard InChI is InChI=1S/C10H6N2O3/c1-5-4-6(2-3-11-5)7-8(12-15)10(14)9(7)13/h2-4H,1H3. The maximum atomic E-state index is 11.2. The molecule has 5 heteroatoms. The van der Waals surface area contributed by atoms with Crippen LogP contribution < -0.4 is 10.9 Å². The summed E-state index contributed by atoms with van der Waals surface area (Å²) in [7, 11) is 0. The smallest absolute Gasteiger partial charge is 0.256 e. The van der Waals surface area contributed by atoms with E-state index >= 15 is 0 Å². The third-order valence-corrected chi connectivity index (χ3v) is 2.16. The Balaban J connectivity index is 2.66. The lowest BCUT2D eigenvalue weighted by molar-refractivity contribution is 1.20. The molecule has 0 saturated heterocycles. The molecule has 0 radical (unpaired) electrons. The first-order chi connectivity index (χ1) is 7.15. The van der Waals surface area contributed by atoms with Crippen molar-refractivity contribution in [3.8, 4) is 11.1 Å². The van der Waals surface area contributed by atoms with E-state index in [4.69, 9.17) is 0 Å². The molecule has 5 nitrogen and oxygen atoms in total. The molecule has 0 N–H and O–H groups in total. The van der Waals surface area contributed by atoms with Crippen LogP contribution in [-0.2, 0) is 0 Å². The predicted octanol–water partition coefficient (Wildman–Crippen LogP) is 1.05. The van der Waals surface area contributed by atoms with E-state index in [1.54, 1.807) is 19.1 Å². The monoisotopic (exact) mass is 202 g/mol. The number of hydrogen-bond donors (Lipinski definition) is 0. The van der Waals surface area contributed by atoms with Crippen molar-refractivity contribution in [3.63, 3.8) is 0 Å². The third-order valence-electron chi connectivity index (χ3n) is 2.16. The Labute approximate surface area is 84.1 Å². The fourth-order valence-corrected chi connectivity index (χ4v) is 1.44. The van der Waals surface area contributed by atoms with Gasteiger partial charge in [0.1, 0.15) is 0 Å². The third kappa shape index (κ3) is 1.28. The summed E-state index contributed by atoms with van der Waals surface area (Å²) in [6, 6.07) is 3.20. The Morgan fingerprint density at radius 3 is 2.60 bits per heavy atom. The summed E-state index contributed by atoms with van der Waals surface area (Å²) < 4.78 is 0. The largest absolute Gasteiger partial charge is 0.285 e. The van der Waals surface area contributed by atoms with Crippen molar-refractivity contribution in [2.75, 3.05) is 0 Å². The lowest BCUT2D eigenvalue weighted by atomic mass is 9.99. The maximum absolute atomic E-state index is 11.2. The highest BCUT2D eigenvalue weighted by atomic mass is 16.3. The van der Waals surface area contributed by atoms with Crippen LogP contribution in [0.2, 0.25) is 0 Å². The minimum Gasteiger partial charge on any atom is -0.285 e. The average molecular weight is 202 g/mol. The molecule has 1 aromatic carbocycles. The Morgan fingerprint density at radius 2 is 2.00 bits per heavy atom. The highest BCUT2D eigenvalue weighted by molar-refractivity contribution is 5.79. The van der Waals surface area contributed by atoms with Gasteiger partial charge in [0, 0.05) is 11.9 Å². The molecule has 1 heterocycles. The first-order valence-corrected chi connectivity index (χ1v) is 4.25. The topological polar surface area (TPSA) is 76.5 Å². The van der Waals surface area contributed by atoms with Gasteiger partial charge in [0.2, 0.25) is 5.43 Å². The van der Waals surface area contributed by atoms with E-state index < -0.39 is 10.9 Å². The quantitative estimate of drug-likeness (QED) is 0.538. The van der Waals surface area contributed by atoms with Gasteiger partial charge in [-0.1, -0.05) is 0 Å². The second-order valence-corrected chi connectivity index (χ2v) is 3.16. The Bertz CT molecular complexity index is 609. The minimum atomic E-state index is -0.811. The number of pyridine rings is 1. The second kappa shape index (κ2) is 3.20. The van der Waals surface area contributed by atoms with E-state index in [0.717, 1.165) is 0 Å². The van der Waals surface area contributed by atoms with Crippen LogP contribution in [0.3, 0.4) is 0 Å². The molecule has 0 unspecified atom stereocenters. The normalized spacial score (nSPS) is 10.5. The number of hydrogen-bond acceptors (Lipinski definition) is 5. The number of aryl methyl sites for hydroxylation is 1. The predicted molar refractivity (Wildman–Crippen MR) is 54.8 cm³/mol. The van der Waals surface area contributed by atoms with Crippen LogP contribution in [-0.4, -0.2) is 4.98 Å². The van der Waals surface area contributed by atoms with Crippen LogP contribution in [0.15, 0.2) is 33.1 Å². The highest BCUT2D eigenvalue weighted by Crippen LogP contribution is 2.25. The maximum Gasteiger partial charge on any atom is 0.256 e. The van der Waals surface area contributed by atoms with E-state index in [9.17, 15) is 14.5 Å². The summed E-state index contributed by atoms with van der Waals surface area (Å²) in [4.78, 5) is 36.4. The van der Waals surface area contributed by atoms with Crippen molar-refractivity contribution in [2.45, 2.75) is 6.92 Å². The van der Waals surface area contributed by atoms with Crippen molar-refractivity contribution in [3.05, 3.63) is 49.4 Å². The molecular formula is C10H6N2O3. The zero-order chi connectivity index (χ0) is 11.0. The molecule has 15 heavy (non-hydrogen) atoms. The van der Waals surface area contributed by atoms with Crippen LogP contribution in [0.25, 0.3) is 11.1 Å². The van der Waals surface area contributed by atoms with Crippen LogP contribution in [0.4, 0.5) is 5.69 Å². The highest BCUT2D eigenvalue weighted by Gasteiger charge is 2.23. The Hall–Kier alpha value is -2.17. The van der Waals surface area contributed by atoms with Crippen LogP contribution in [0, 0.1) is 11.8 Å². The summed E-state index contributed by atoms with van der Waals surface area (Å²) in [5, 5.41) is 2.55. The second-order valence-electron chi connectivity index (χ2n) is 3.16. The van der Waals surface area contributed by atoms with Crippen molar-refractivity contribution in [1.29, 1.82) is 0 Å².